The van der Waals surface area contributed by atoms with Crippen LogP contribution in [0.2, 0.25) is 0 Å². The normalized spacial score (nSPS) is 10.9. The molecule has 0 unspecified atom stereocenters. The summed E-state index contributed by atoms with van der Waals surface area (Å²) in [7, 11) is 0. The third-order valence-corrected chi connectivity index (χ3v) is 6.75. The van der Waals surface area contributed by atoms with E-state index in [1.807, 2.05) is 31.4 Å². The molecule has 0 radical (unpaired) electrons. The zero-order chi connectivity index (χ0) is 28.8. The molecule has 4 aromatic rings. The summed E-state index contributed by atoms with van der Waals surface area (Å²) in [5.41, 5.74) is 5.06. The fourth-order valence-corrected chi connectivity index (χ4v) is 4.78. The third-order valence-electron chi connectivity index (χ3n) is 6.75. The molecule has 2 N–H and O–H groups in total. The van der Waals surface area contributed by atoms with Gasteiger partial charge in [-0.2, -0.15) is 0 Å². The molecule has 0 aliphatic carbocycles. The molecule has 40 heavy (non-hydrogen) atoms. The van der Waals surface area contributed by atoms with Crippen molar-refractivity contribution in [3.05, 3.63) is 95.7 Å². The van der Waals surface area contributed by atoms with Crippen LogP contribution in [-0.2, 0) is 6.54 Å². The van der Waals surface area contributed by atoms with Crippen LogP contribution in [-0.4, -0.2) is 29.6 Å². The second-order valence-corrected chi connectivity index (χ2v) is 9.79. The first kappa shape index (κ1) is 28.5. The average Bonchev–Trinajstić information content (AvgIpc) is 3.22. The van der Waals surface area contributed by atoms with E-state index in [9.17, 15) is 9.59 Å². The van der Waals surface area contributed by atoms with Crippen molar-refractivity contribution >= 4 is 34.1 Å². The van der Waals surface area contributed by atoms with Gasteiger partial charge in [-0.15, -0.1) is 6.58 Å². The number of anilines is 2. The number of hydrogen-bond acceptors (Lipinski definition) is 4. The molecule has 0 saturated carbocycles. The van der Waals surface area contributed by atoms with E-state index in [4.69, 9.17) is 9.47 Å². The van der Waals surface area contributed by atoms with Crippen LogP contribution in [0.15, 0.2) is 73.3 Å². The van der Waals surface area contributed by atoms with Crippen LogP contribution < -0.4 is 20.1 Å². The second kappa shape index (κ2) is 12.6. The minimum Gasteiger partial charge on any atom is -0.492 e. The van der Waals surface area contributed by atoms with E-state index in [1.165, 1.54) is 5.56 Å². The molecule has 0 aliphatic heterocycles. The van der Waals surface area contributed by atoms with Gasteiger partial charge in [-0.1, -0.05) is 44.2 Å². The highest BCUT2D eigenvalue weighted by Crippen LogP contribution is 2.38. The summed E-state index contributed by atoms with van der Waals surface area (Å²) < 4.78 is 13.7. The molecule has 208 valence electrons. The number of amides is 2. The lowest BCUT2D eigenvalue weighted by atomic mass is 10.0. The van der Waals surface area contributed by atoms with Crippen molar-refractivity contribution < 1.29 is 19.1 Å². The minimum atomic E-state index is -0.272. The van der Waals surface area contributed by atoms with Crippen molar-refractivity contribution in [2.24, 2.45) is 0 Å². The smallest absolute Gasteiger partial charge is 0.272 e. The Balaban J connectivity index is 1.75. The zero-order valence-corrected chi connectivity index (χ0v) is 23.8. The van der Waals surface area contributed by atoms with Gasteiger partial charge in [0.05, 0.1) is 24.6 Å². The van der Waals surface area contributed by atoms with E-state index >= 15 is 0 Å². The predicted octanol–water partition coefficient (Wildman–Crippen LogP) is 7.56. The Kier molecular flexibility index (Phi) is 8.94. The largest absolute Gasteiger partial charge is 0.492 e. The summed E-state index contributed by atoms with van der Waals surface area (Å²) in [6.45, 7) is 15.1. The van der Waals surface area contributed by atoms with Gasteiger partial charge in [-0.05, 0) is 62.1 Å². The van der Waals surface area contributed by atoms with Crippen molar-refractivity contribution in [1.82, 2.24) is 4.57 Å². The molecule has 0 aliphatic rings. The van der Waals surface area contributed by atoms with Crippen LogP contribution in [0.3, 0.4) is 0 Å². The molecule has 7 nitrogen and oxygen atoms in total. The predicted molar refractivity (Wildman–Crippen MR) is 162 cm³/mol. The van der Waals surface area contributed by atoms with E-state index in [0.717, 1.165) is 16.5 Å². The highest BCUT2D eigenvalue weighted by molar-refractivity contribution is 6.10. The lowest BCUT2D eigenvalue weighted by Crippen LogP contribution is -2.19. The Hall–Kier alpha value is -4.52. The molecule has 0 spiro atoms. The van der Waals surface area contributed by atoms with Crippen LogP contribution in [0.5, 0.6) is 11.5 Å². The van der Waals surface area contributed by atoms with Crippen molar-refractivity contribution in [2.75, 3.05) is 23.8 Å². The van der Waals surface area contributed by atoms with Gasteiger partial charge in [0.1, 0.15) is 17.2 Å². The van der Waals surface area contributed by atoms with Gasteiger partial charge in [0, 0.05) is 35.1 Å². The van der Waals surface area contributed by atoms with Crippen molar-refractivity contribution in [2.45, 2.75) is 47.1 Å². The quantitative estimate of drug-likeness (QED) is 0.193. The average molecular weight is 540 g/mol. The summed E-state index contributed by atoms with van der Waals surface area (Å²) in [5, 5.41) is 7.01. The van der Waals surface area contributed by atoms with Crippen LogP contribution in [0, 0.1) is 6.92 Å². The Labute approximate surface area is 235 Å². The van der Waals surface area contributed by atoms with Gasteiger partial charge in [0.2, 0.25) is 0 Å². The first-order valence-corrected chi connectivity index (χ1v) is 13.6. The van der Waals surface area contributed by atoms with Crippen LogP contribution >= 0.6 is 0 Å². The summed E-state index contributed by atoms with van der Waals surface area (Å²) in [5.74, 6) is 0.678. The third kappa shape index (κ3) is 5.88. The zero-order valence-electron chi connectivity index (χ0n) is 23.8. The van der Waals surface area contributed by atoms with Crippen LogP contribution in [0.4, 0.5) is 11.4 Å². The number of allylic oxidation sites excluding steroid dienone is 1. The maximum Gasteiger partial charge on any atom is 0.272 e. The number of aryl methyl sites for hydroxylation is 1. The summed E-state index contributed by atoms with van der Waals surface area (Å²) in [4.78, 5) is 26.7. The van der Waals surface area contributed by atoms with Gasteiger partial charge in [0.15, 0.2) is 0 Å². The number of benzene rings is 3. The maximum atomic E-state index is 13.9. The minimum absolute atomic E-state index is 0.272. The first-order valence-electron chi connectivity index (χ1n) is 13.6. The van der Waals surface area contributed by atoms with Gasteiger partial charge in [0.25, 0.3) is 11.8 Å². The van der Waals surface area contributed by atoms with Gasteiger partial charge in [-0.3, -0.25) is 9.59 Å². The summed E-state index contributed by atoms with van der Waals surface area (Å²) in [6, 6.07) is 18.7. The number of carbonyl (C=O) groups excluding carboxylic acids is 2. The highest BCUT2D eigenvalue weighted by Gasteiger charge is 2.23. The monoisotopic (exact) mass is 539 g/mol. The number of carbonyl (C=O) groups is 2. The standard InChI is InChI=1S/C33H37N3O4/c1-7-17-36-28-16-15-24(21(4)5)18-25(28)22(6)31(36)33(38)35-27-20-29(39-8-2)26(19-30(27)40-9-3)34-32(37)23-13-11-10-12-14-23/h7,10-16,18-21H,1,8-9,17H2,2-6H3,(H,34,37)(H,35,38). The number of rotatable bonds is 11. The van der Waals surface area contributed by atoms with E-state index in [0.29, 0.717) is 59.8 Å². The molecule has 7 heteroatoms. The van der Waals surface area contributed by atoms with Crippen molar-refractivity contribution in [3.63, 3.8) is 0 Å². The Morgan fingerprint density at radius 3 is 2.05 bits per heavy atom. The lowest BCUT2D eigenvalue weighted by Gasteiger charge is -2.18. The molecule has 3 aromatic carbocycles. The van der Waals surface area contributed by atoms with E-state index < -0.39 is 0 Å². The van der Waals surface area contributed by atoms with Crippen molar-refractivity contribution in [1.29, 1.82) is 0 Å². The fourth-order valence-electron chi connectivity index (χ4n) is 4.78. The molecular weight excluding hydrogens is 502 g/mol. The number of fused-ring (bicyclic) bond motifs is 1. The molecule has 0 fully saturated rings. The highest BCUT2D eigenvalue weighted by atomic mass is 16.5. The fraction of sp³-hybridized carbons (Fsp3) is 0.273. The molecule has 0 saturated heterocycles. The maximum absolute atomic E-state index is 13.9. The molecule has 2 amide bonds. The molecule has 0 atom stereocenters. The number of hydrogen-bond donors (Lipinski definition) is 2. The van der Waals surface area contributed by atoms with Crippen LogP contribution in [0.1, 0.15) is 65.6 Å². The van der Waals surface area contributed by atoms with Gasteiger partial charge < -0.3 is 24.7 Å². The Morgan fingerprint density at radius 1 is 0.900 bits per heavy atom. The topological polar surface area (TPSA) is 81.6 Å². The van der Waals surface area contributed by atoms with E-state index in [1.54, 1.807) is 42.5 Å². The summed E-state index contributed by atoms with van der Waals surface area (Å²) in [6.07, 6.45) is 1.79. The molecule has 4 rings (SSSR count). The number of nitrogens with zero attached hydrogens (tertiary/aromatic N) is 1. The van der Waals surface area contributed by atoms with Crippen LogP contribution in [0.25, 0.3) is 10.9 Å². The Bertz CT molecular complexity index is 1540. The number of nitrogens with one attached hydrogen (secondary N) is 2. The number of aromatic nitrogens is 1. The van der Waals surface area contributed by atoms with Crippen molar-refractivity contribution in [3.8, 4) is 11.5 Å². The second-order valence-electron chi connectivity index (χ2n) is 9.79. The molecule has 1 aromatic heterocycles. The first-order chi connectivity index (χ1) is 19.3. The molecular formula is C33H37N3O4. The van der Waals surface area contributed by atoms with Gasteiger partial charge >= 0.3 is 0 Å². The number of ether oxygens (including phenoxy) is 2. The molecule has 0 bridgehead atoms. The van der Waals surface area contributed by atoms with Gasteiger partial charge in [-0.25, -0.2) is 0 Å². The van der Waals surface area contributed by atoms with E-state index in [-0.39, 0.29) is 11.8 Å². The molecule has 1 heterocycles. The Morgan fingerprint density at radius 2 is 1.50 bits per heavy atom. The SMILES string of the molecule is C=CCn1c(C(=O)Nc2cc(OCC)c(NC(=O)c3ccccc3)cc2OCC)c(C)c2cc(C(C)C)ccc21. The summed E-state index contributed by atoms with van der Waals surface area (Å²) >= 11 is 0. The lowest BCUT2D eigenvalue weighted by molar-refractivity contribution is 0.101. The van der Waals surface area contributed by atoms with E-state index in [2.05, 4.69) is 49.3 Å².